The molecule has 76 valence electrons. The summed E-state index contributed by atoms with van der Waals surface area (Å²) in [5.41, 5.74) is 1.10. The first-order valence-electron chi connectivity index (χ1n) is 5.28. The van der Waals surface area contributed by atoms with Gasteiger partial charge in [0.1, 0.15) is 5.82 Å². The Morgan fingerprint density at radius 2 is 2.07 bits per heavy atom. The molecule has 0 saturated heterocycles. The van der Waals surface area contributed by atoms with Crippen LogP contribution in [0.4, 0.5) is 0 Å². The molecule has 1 aromatic rings. The molecule has 2 rings (SSSR count). The van der Waals surface area contributed by atoms with E-state index in [1.54, 1.807) is 0 Å². The van der Waals surface area contributed by atoms with Gasteiger partial charge in [-0.25, -0.2) is 9.97 Å². The summed E-state index contributed by atoms with van der Waals surface area (Å²) < 4.78 is 0. The lowest BCUT2D eigenvalue weighted by atomic mass is 9.89. The summed E-state index contributed by atoms with van der Waals surface area (Å²) in [5, 5.41) is 0.829. The number of halogens is 1. The lowest BCUT2D eigenvalue weighted by Crippen LogP contribution is -2.09. The summed E-state index contributed by atoms with van der Waals surface area (Å²) in [6.07, 6.45) is 8.48. The van der Waals surface area contributed by atoms with Crippen molar-refractivity contribution in [3.8, 4) is 0 Å². The van der Waals surface area contributed by atoms with Crippen molar-refractivity contribution >= 4 is 15.9 Å². The molecule has 1 heterocycles. The Hall–Kier alpha value is -0.440. The lowest BCUT2D eigenvalue weighted by Gasteiger charge is -2.20. The van der Waals surface area contributed by atoms with E-state index < -0.39 is 0 Å². The van der Waals surface area contributed by atoms with E-state index in [0.29, 0.717) is 5.92 Å². The molecule has 3 heteroatoms. The monoisotopic (exact) mass is 254 g/mol. The summed E-state index contributed by atoms with van der Waals surface area (Å²) in [6.45, 7) is 0. The molecular formula is C11H15BrN2. The van der Waals surface area contributed by atoms with Crippen LogP contribution < -0.4 is 0 Å². The Kier molecular flexibility index (Phi) is 3.51. The van der Waals surface area contributed by atoms with Crippen molar-refractivity contribution in [1.82, 2.24) is 9.97 Å². The zero-order chi connectivity index (χ0) is 9.80. The van der Waals surface area contributed by atoms with Gasteiger partial charge in [-0.1, -0.05) is 35.2 Å². The first kappa shape index (κ1) is 10.1. The van der Waals surface area contributed by atoms with Gasteiger partial charge in [0.25, 0.3) is 0 Å². The molecule has 0 radical (unpaired) electrons. The maximum absolute atomic E-state index is 4.56. The Labute approximate surface area is 93.3 Å². The van der Waals surface area contributed by atoms with Gasteiger partial charge in [-0.3, -0.25) is 0 Å². The third-order valence-electron chi connectivity index (χ3n) is 2.84. The van der Waals surface area contributed by atoms with Crippen molar-refractivity contribution in [3.63, 3.8) is 0 Å². The Morgan fingerprint density at radius 1 is 1.29 bits per heavy atom. The molecule has 1 fully saturated rings. The van der Waals surface area contributed by atoms with Gasteiger partial charge in [-0.15, -0.1) is 0 Å². The standard InChI is InChI=1S/C11H15BrN2/c12-8-10-6-7-13-11(14-10)9-4-2-1-3-5-9/h6-7,9H,1-5,8H2. The van der Waals surface area contributed by atoms with Gasteiger partial charge in [-0.2, -0.15) is 0 Å². The van der Waals surface area contributed by atoms with E-state index in [1.165, 1.54) is 32.1 Å². The highest BCUT2D eigenvalue weighted by Gasteiger charge is 2.17. The second-order valence-electron chi connectivity index (χ2n) is 3.87. The maximum atomic E-state index is 4.56. The normalized spacial score (nSPS) is 18.4. The highest BCUT2D eigenvalue weighted by molar-refractivity contribution is 9.08. The van der Waals surface area contributed by atoms with Crippen LogP contribution in [0, 0.1) is 0 Å². The third-order valence-corrected chi connectivity index (χ3v) is 3.41. The summed E-state index contributed by atoms with van der Waals surface area (Å²) in [6, 6.07) is 1.97. The molecule has 0 atom stereocenters. The van der Waals surface area contributed by atoms with Crippen LogP contribution in [0.3, 0.4) is 0 Å². The molecule has 14 heavy (non-hydrogen) atoms. The molecule has 1 saturated carbocycles. The fraction of sp³-hybridized carbons (Fsp3) is 0.636. The predicted octanol–water partition coefficient (Wildman–Crippen LogP) is 3.42. The minimum Gasteiger partial charge on any atom is -0.241 e. The fourth-order valence-electron chi connectivity index (χ4n) is 2.04. The molecular weight excluding hydrogens is 240 g/mol. The van der Waals surface area contributed by atoms with Crippen LogP contribution in [0.15, 0.2) is 12.3 Å². The maximum Gasteiger partial charge on any atom is 0.131 e. The van der Waals surface area contributed by atoms with Crippen LogP contribution in [-0.2, 0) is 5.33 Å². The van der Waals surface area contributed by atoms with Gasteiger partial charge >= 0.3 is 0 Å². The van der Waals surface area contributed by atoms with Crippen molar-refractivity contribution in [2.45, 2.75) is 43.4 Å². The zero-order valence-corrected chi connectivity index (χ0v) is 9.83. The van der Waals surface area contributed by atoms with Crippen LogP contribution in [0.1, 0.15) is 49.5 Å². The molecule has 0 bridgehead atoms. The SMILES string of the molecule is BrCc1ccnc(C2CCCCC2)n1. The van der Waals surface area contributed by atoms with E-state index in [9.17, 15) is 0 Å². The minimum atomic E-state index is 0.614. The van der Waals surface area contributed by atoms with Gasteiger partial charge in [0.2, 0.25) is 0 Å². The highest BCUT2D eigenvalue weighted by Crippen LogP contribution is 2.30. The summed E-state index contributed by atoms with van der Waals surface area (Å²) in [7, 11) is 0. The van der Waals surface area contributed by atoms with Crippen molar-refractivity contribution in [2.24, 2.45) is 0 Å². The summed E-state index contributed by atoms with van der Waals surface area (Å²) >= 11 is 3.43. The molecule has 0 aliphatic heterocycles. The quantitative estimate of drug-likeness (QED) is 0.757. The third kappa shape index (κ3) is 2.32. The number of rotatable bonds is 2. The van der Waals surface area contributed by atoms with Gasteiger partial charge in [-0.05, 0) is 18.9 Å². The average molecular weight is 255 g/mol. The number of nitrogens with zero attached hydrogens (tertiary/aromatic N) is 2. The first-order valence-corrected chi connectivity index (χ1v) is 6.40. The van der Waals surface area contributed by atoms with E-state index in [4.69, 9.17) is 0 Å². The van der Waals surface area contributed by atoms with Crippen molar-refractivity contribution in [3.05, 3.63) is 23.8 Å². The molecule has 0 unspecified atom stereocenters. The molecule has 0 N–H and O–H groups in total. The van der Waals surface area contributed by atoms with E-state index >= 15 is 0 Å². The number of hydrogen-bond donors (Lipinski definition) is 0. The van der Waals surface area contributed by atoms with Crippen LogP contribution in [0.2, 0.25) is 0 Å². The number of hydrogen-bond acceptors (Lipinski definition) is 2. The molecule has 1 aliphatic carbocycles. The van der Waals surface area contributed by atoms with Crippen LogP contribution in [0.5, 0.6) is 0 Å². The summed E-state index contributed by atoms with van der Waals surface area (Å²) in [5.74, 6) is 1.67. The zero-order valence-electron chi connectivity index (χ0n) is 8.25. The number of aromatic nitrogens is 2. The molecule has 1 aliphatic rings. The van der Waals surface area contributed by atoms with E-state index in [0.717, 1.165) is 16.8 Å². The second-order valence-corrected chi connectivity index (χ2v) is 4.44. The highest BCUT2D eigenvalue weighted by atomic mass is 79.9. The van der Waals surface area contributed by atoms with E-state index in [-0.39, 0.29) is 0 Å². The Balaban J connectivity index is 2.13. The largest absolute Gasteiger partial charge is 0.241 e. The number of alkyl halides is 1. The van der Waals surface area contributed by atoms with Crippen molar-refractivity contribution in [2.75, 3.05) is 0 Å². The van der Waals surface area contributed by atoms with Gasteiger partial charge < -0.3 is 0 Å². The molecule has 0 aromatic carbocycles. The van der Waals surface area contributed by atoms with Crippen molar-refractivity contribution in [1.29, 1.82) is 0 Å². The van der Waals surface area contributed by atoms with Crippen molar-refractivity contribution < 1.29 is 0 Å². The Morgan fingerprint density at radius 3 is 2.79 bits per heavy atom. The Bertz CT molecular complexity index is 295. The average Bonchev–Trinajstić information content (AvgIpc) is 2.30. The first-order chi connectivity index (χ1) is 6.90. The van der Waals surface area contributed by atoms with E-state index in [1.807, 2.05) is 12.3 Å². The minimum absolute atomic E-state index is 0.614. The van der Waals surface area contributed by atoms with Gasteiger partial charge in [0.15, 0.2) is 0 Å². The molecule has 1 aromatic heterocycles. The topological polar surface area (TPSA) is 25.8 Å². The van der Waals surface area contributed by atoms with Crippen LogP contribution in [0.25, 0.3) is 0 Å². The van der Waals surface area contributed by atoms with Gasteiger partial charge in [0, 0.05) is 17.4 Å². The fourth-order valence-corrected chi connectivity index (χ4v) is 2.36. The molecule has 2 nitrogen and oxygen atoms in total. The van der Waals surface area contributed by atoms with E-state index in [2.05, 4.69) is 25.9 Å². The molecule has 0 spiro atoms. The molecule has 0 amide bonds. The van der Waals surface area contributed by atoms with Crippen LogP contribution in [-0.4, -0.2) is 9.97 Å². The lowest BCUT2D eigenvalue weighted by molar-refractivity contribution is 0.428. The van der Waals surface area contributed by atoms with Gasteiger partial charge in [0.05, 0.1) is 5.69 Å². The summed E-state index contributed by atoms with van der Waals surface area (Å²) in [4.78, 5) is 8.94. The second kappa shape index (κ2) is 4.87. The predicted molar refractivity (Wildman–Crippen MR) is 60.5 cm³/mol. The van der Waals surface area contributed by atoms with Crippen LogP contribution >= 0.6 is 15.9 Å². The smallest absolute Gasteiger partial charge is 0.131 e.